The molecule has 0 bridgehead atoms. The molecule has 0 aliphatic carbocycles. The highest BCUT2D eigenvalue weighted by Crippen LogP contribution is 2.35. The van der Waals surface area contributed by atoms with Gasteiger partial charge in [-0.1, -0.05) is 39.7 Å². The van der Waals surface area contributed by atoms with Crippen LogP contribution in [0.2, 0.25) is 5.02 Å². The monoisotopic (exact) mass is 309 g/mol. The predicted molar refractivity (Wildman–Crippen MR) is 69.3 cm³/mol. The number of nitrogens with zero attached hydrogens (tertiary/aromatic N) is 1. The number of benzene rings is 2. The number of rotatable bonds is 1. The van der Waals surface area contributed by atoms with Gasteiger partial charge in [0.25, 0.3) is 0 Å². The molecule has 0 aliphatic rings. The molecule has 0 aromatic heterocycles. The van der Waals surface area contributed by atoms with Crippen molar-refractivity contribution in [3.05, 3.63) is 57.3 Å². The van der Waals surface area contributed by atoms with E-state index in [0.29, 0.717) is 26.2 Å². The maximum absolute atomic E-state index is 13.7. The van der Waals surface area contributed by atoms with Crippen LogP contribution < -0.4 is 0 Å². The zero-order chi connectivity index (χ0) is 12.4. The van der Waals surface area contributed by atoms with E-state index < -0.39 is 0 Å². The average Bonchev–Trinajstić information content (AvgIpc) is 2.30. The summed E-state index contributed by atoms with van der Waals surface area (Å²) >= 11 is 9.30. The van der Waals surface area contributed by atoms with E-state index in [-0.39, 0.29) is 5.82 Å². The summed E-state index contributed by atoms with van der Waals surface area (Å²) in [5.74, 6) is -0.386. The number of hydrogen-bond donors (Lipinski definition) is 0. The second-order valence-electron chi connectivity index (χ2n) is 3.40. The van der Waals surface area contributed by atoms with Gasteiger partial charge < -0.3 is 0 Å². The predicted octanol–water partition coefficient (Wildman–Crippen LogP) is 4.78. The lowest BCUT2D eigenvalue weighted by Gasteiger charge is -2.08. The third kappa shape index (κ3) is 2.33. The van der Waals surface area contributed by atoms with Crippen molar-refractivity contribution in [2.75, 3.05) is 0 Å². The van der Waals surface area contributed by atoms with E-state index in [1.54, 1.807) is 30.3 Å². The van der Waals surface area contributed by atoms with E-state index in [0.717, 1.165) is 0 Å². The SMILES string of the molecule is N#Cc1ccc(-c2c(F)cccc2Cl)c(Br)c1. The highest BCUT2D eigenvalue weighted by Gasteiger charge is 2.12. The molecule has 0 radical (unpaired) electrons. The Balaban J connectivity index is 2.66. The molecule has 0 saturated carbocycles. The zero-order valence-electron chi connectivity index (χ0n) is 8.55. The lowest BCUT2D eigenvalue weighted by atomic mass is 10.0. The van der Waals surface area contributed by atoms with Crippen LogP contribution in [0.1, 0.15) is 5.56 Å². The Morgan fingerprint density at radius 2 is 2.00 bits per heavy atom. The third-order valence-corrected chi connectivity index (χ3v) is 3.30. The number of halogens is 3. The van der Waals surface area contributed by atoms with Crippen molar-refractivity contribution in [1.29, 1.82) is 5.26 Å². The van der Waals surface area contributed by atoms with Gasteiger partial charge >= 0.3 is 0 Å². The molecule has 0 fully saturated rings. The maximum Gasteiger partial charge on any atom is 0.132 e. The molecule has 2 aromatic rings. The van der Waals surface area contributed by atoms with Gasteiger partial charge in [0.15, 0.2) is 0 Å². The van der Waals surface area contributed by atoms with Crippen LogP contribution in [-0.4, -0.2) is 0 Å². The van der Waals surface area contributed by atoms with Crippen LogP contribution in [-0.2, 0) is 0 Å². The molecule has 0 amide bonds. The summed E-state index contributed by atoms with van der Waals surface area (Å²) in [6.45, 7) is 0. The molecule has 0 aliphatic heterocycles. The summed E-state index contributed by atoms with van der Waals surface area (Å²) in [6, 6.07) is 11.5. The van der Waals surface area contributed by atoms with Crippen LogP contribution in [0.4, 0.5) is 4.39 Å². The Morgan fingerprint density at radius 3 is 2.59 bits per heavy atom. The van der Waals surface area contributed by atoms with Crippen LogP contribution in [0.5, 0.6) is 0 Å². The van der Waals surface area contributed by atoms with E-state index in [1.165, 1.54) is 6.07 Å². The molecule has 84 valence electrons. The first-order chi connectivity index (χ1) is 8.13. The maximum atomic E-state index is 13.7. The summed E-state index contributed by atoms with van der Waals surface area (Å²) in [5, 5.41) is 9.10. The molecule has 0 N–H and O–H groups in total. The van der Waals surface area contributed by atoms with Crippen molar-refractivity contribution in [3.8, 4) is 17.2 Å². The second kappa shape index (κ2) is 4.87. The quantitative estimate of drug-likeness (QED) is 0.743. The van der Waals surface area contributed by atoms with Crippen LogP contribution in [0.3, 0.4) is 0 Å². The highest BCUT2D eigenvalue weighted by atomic mass is 79.9. The van der Waals surface area contributed by atoms with Crippen molar-refractivity contribution in [2.45, 2.75) is 0 Å². The fraction of sp³-hybridized carbons (Fsp3) is 0. The molecule has 0 saturated heterocycles. The van der Waals surface area contributed by atoms with Crippen LogP contribution in [0.25, 0.3) is 11.1 Å². The fourth-order valence-corrected chi connectivity index (χ4v) is 2.38. The van der Waals surface area contributed by atoms with Gasteiger partial charge in [0.2, 0.25) is 0 Å². The summed E-state index contributed by atoms with van der Waals surface area (Å²) in [5.41, 5.74) is 1.48. The van der Waals surface area contributed by atoms with Gasteiger partial charge in [-0.15, -0.1) is 0 Å². The van der Waals surface area contributed by atoms with Crippen LogP contribution >= 0.6 is 27.5 Å². The first kappa shape index (κ1) is 12.1. The smallest absolute Gasteiger partial charge is 0.132 e. The Labute approximate surface area is 112 Å². The summed E-state index contributed by atoms with van der Waals surface area (Å²) in [7, 11) is 0. The molecule has 0 atom stereocenters. The Hall–Kier alpha value is -1.37. The molecule has 2 aromatic carbocycles. The summed E-state index contributed by atoms with van der Waals surface area (Å²) in [6.07, 6.45) is 0. The van der Waals surface area contributed by atoms with Crippen LogP contribution in [0, 0.1) is 17.1 Å². The van der Waals surface area contributed by atoms with Gasteiger partial charge in [0.1, 0.15) is 5.82 Å². The summed E-state index contributed by atoms with van der Waals surface area (Å²) < 4.78 is 14.4. The van der Waals surface area contributed by atoms with E-state index in [4.69, 9.17) is 16.9 Å². The van der Waals surface area contributed by atoms with Gasteiger partial charge in [0, 0.05) is 15.6 Å². The zero-order valence-corrected chi connectivity index (χ0v) is 10.9. The van der Waals surface area contributed by atoms with Crippen molar-refractivity contribution in [1.82, 2.24) is 0 Å². The first-order valence-corrected chi connectivity index (χ1v) is 5.94. The highest BCUT2D eigenvalue weighted by molar-refractivity contribution is 9.10. The van der Waals surface area contributed by atoms with Gasteiger partial charge in [-0.2, -0.15) is 5.26 Å². The van der Waals surface area contributed by atoms with E-state index >= 15 is 0 Å². The molecular weight excluding hydrogens is 305 g/mol. The van der Waals surface area contributed by atoms with Crippen molar-refractivity contribution >= 4 is 27.5 Å². The Kier molecular flexibility index (Phi) is 3.46. The Morgan fingerprint density at radius 1 is 1.24 bits per heavy atom. The average molecular weight is 311 g/mol. The van der Waals surface area contributed by atoms with Crippen molar-refractivity contribution in [3.63, 3.8) is 0 Å². The second-order valence-corrected chi connectivity index (χ2v) is 4.66. The molecule has 2 rings (SSSR count). The summed E-state index contributed by atoms with van der Waals surface area (Å²) in [4.78, 5) is 0. The molecule has 4 heteroatoms. The standard InChI is InChI=1S/C13H6BrClFN/c14-10-6-8(7-17)4-5-9(10)13-11(15)2-1-3-12(13)16/h1-6H. The van der Waals surface area contributed by atoms with Gasteiger partial charge in [-0.05, 0) is 24.3 Å². The van der Waals surface area contributed by atoms with Crippen molar-refractivity contribution < 1.29 is 4.39 Å². The Bertz CT molecular complexity index is 599. The molecule has 0 unspecified atom stereocenters. The van der Waals surface area contributed by atoms with Gasteiger partial charge in [0.05, 0.1) is 16.7 Å². The fourth-order valence-electron chi connectivity index (χ4n) is 1.54. The topological polar surface area (TPSA) is 23.8 Å². The van der Waals surface area contributed by atoms with Gasteiger partial charge in [-0.25, -0.2) is 4.39 Å². The molecular formula is C13H6BrClFN. The minimum absolute atomic E-state index is 0.338. The minimum Gasteiger partial charge on any atom is -0.206 e. The largest absolute Gasteiger partial charge is 0.206 e. The van der Waals surface area contributed by atoms with Crippen molar-refractivity contribution in [2.24, 2.45) is 0 Å². The minimum atomic E-state index is -0.386. The number of nitriles is 1. The molecule has 0 spiro atoms. The first-order valence-electron chi connectivity index (χ1n) is 4.77. The normalized spacial score (nSPS) is 10.0. The third-order valence-electron chi connectivity index (χ3n) is 2.33. The van der Waals surface area contributed by atoms with Crippen LogP contribution in [0.15, 0.2) is 40.9 Å². The molecule has 17 heavy (non-hydrogen) atoms. The molecule has 0 heterocycles. The van der Waals surface area contributed by atoms with E-state index in [9.17, 15) is 4.39 Å². The number of hydrogen-bond acceptors (Lipinski definition) is 1. The lowest BCUT2D eigenvalue weighted by molar-refractivity contribution is 0.631. The van der Waals surface area contributed by atoms with Gasteiger partial charge in [-0.3, -0.25) is 0 Å². The lowest BCUT2D eigenvalue weighted by Crippen LogP contribution is -1.88. The molecule has 1 nitrogen and oxygen atoms in total. The van der Waals surface area contributed by atoms with E-state index in [1.807, 2.05) is 6.07 Å². The van der Waals surface area contributed by atoms with E-state index in [2.05, 4.69) is 15.9 Å².